The van der Waals surface area contributed by atoms with Crippen LogP contribution in [0, 0.1) is 0 Å². The minimum Gasteiger partial charge on any atom is -0.462 e. The second-order valence-electron chi connectivity index (χ2n) is 8.73. The van der Waals surface area contributed by atoms with Gasteiger partial charge in [-0.1, -0.05) is 46.1 Å². The van der Waals surface area contributed by atoms with Crippen LogP contribution in [0.3, 0.4) is 0 Å². The van der Waals surface area contributed by atoms with Crippen molar-refractivity contribution in [3.05, 3.63) is 23.8 Å². The van der Waals surface area contributed by atoms with Crippen molar-refractivity contribution in [1.82, 2.24) is 0 Å². The zero-order valence-corrected chi connectivity index (χ0v) is 22.8. The Labute approximate surface area is 224 Å². The summed E-state index contributed by atoms with van der Waals surface area (Å²) >= 11 is 0. The number of hydrogen-bond donors (Lipinski definition) is 1. The molecule has 11 heteroatoms. The van der Waals surface area contributed by atoms with Gasteiger partial charge < -0.3 is 34.2 Å². The molecule has 0 spiro atoms. The van der Waals surface area contributed by atoms with Crippen LogP contribution in [0.25, 0.3) is 0 Å². The van der Waals surface area contributed by atoms with E-state index < -0.39 is 30.4 Å². The van der Waals surface area contributed by atoms with E-state index >= 15 is 0 Å². The molecule has 1 rings (SSSR count). The van der Waals surface area contributed by atoms with Gasteiger partial charge in [-0.3, -0.25) is 9.59 Å². The predicted octanol–water partition coefficient (Wildman–Crippen LogP) is 4.85. The van der Waals surface area contributed by atoms with Crippen molar-refractivity contribution >= 4 is 24.2 Å². The van der Waals surface area contributed by atoms with Gasteiger partial charge in [0.2, 0.25) is 0 Å². The summed E-state index contributed by atoms with van der Waals surface area (Å²) in [5.41, 5.74) is 6.53. The molecule has 11 nitrogen and oxygen atoms in total. The van der Waals surface area contributed by atoms with Crippen LogP contribution < -0.4 is 15.2 Å². The maximum Gasteiger partial charge on any atom is 0.513 e. The summed E-state index contributed by atoms with van der Waals surface area (Å²) in [7, 11) is 0. The SMILES string of the molecule is CCCCOC(=O)Oc1ccc(C[C@H](N)C(=O)O[C@@H](C)COC(=O)CCCC)cc1OC(=O)OCCCC. The Bertz CT molecular complexity index is 889. The van der Waals surface area contributed by atoms with E-state index in [0.29, 0.717) is 24.8 Å². The standard InChI is InChI=1S/C27H41NO10/c1-5-8-11-24(29)35-18-19(4)36-25(30)21(28)16-20-12-13-22(37-26(31)33-14-9-6-2)23(17-20)38-27(32)34-15-10-7-3/h12-13,17,19,21H,5-11,14-16,18,28H2,1-4H3/t19-,21-/m0/s1. The van der Waals surface area contributed by atoms with Gasteiger partial charge in [0.25, 0.3) is 0 Å². The lowest BCUT2D eigenvalue weighted by Gasteiger charge is -2.17. The number of hydrogen-bond acceptors (Lipinski definition) is 11. The van der Waals surface area contributed by atoms with E-state index in [1.807, 2.05) is 20.8 Å². The monoisotopic (exact) mass is 539 g/mol. The van der Waals surface area contributed by atoms with Crippen LogP contribution in [0.5, 0.6) is 11.5 Å². The zero-order valence-electron chi connectivity index (χ0n) is 22.8. The molecule has 2 N–H and O–H groups in total. The van der Waals surface area contributed by atoms with Crippen LogP contribution in [-0.4, -0.2) is 56.2 Å². The van der Waals surface area contributed by atoms with Gasteiger partial charge in [0, 0.05) is 6.42 Å². The summed E-state index contributed by atoms with van der Waals surface area (Å²) in [6.45, 7) is 7.76. The van der Waals surface area contributed by atoms with Crippen LogP contribution in [0.2, 0.25) is 0 Å². The Kier molecular flexibility index (Phi) is 16.2. The molecule has 0 aliphatic heterocycles. The van der Waals surface area contributed by atoms with Gasteiger partial charge in [-0.05, 0) is 50.3 Å². The molecule has 38 heavy (non-hydrogen) atoms. The van der Waals surface area contributed by atoms with Crippen LogP contribution >= 0.6 is 0 Å². The number of esters is 2. The summed E-state index contributed by atoms with van der Waals surface area (Å²) in [4.78, 5) is 48.2. The Morgan fingerprint density at radius 2 is 1.39 bits per heavy atom. The van der Waals surface area contributed by atoms with Crippen LogP contribution in [0.1, 0.15) is 78.2 Å². The zero-order chi connectivity index (χ0) is 28.3. The van der Waals surface area contributed by atoms with Gasteiger partial charge >= 0.3 is 24.2 Å². The number of ether oxygens (including phenoxy) is 6. The van der Waals surface area contributed by atoms with E-state index in [9.17, 15) is 19.2 Å². The fourth-order valence-corrected chi connectivity index (χ4v) is 2.94. The number of carbonyl (C=O) groups is 4. The van der Waals surface area contributed by atoms with Gasteiger partial charge in [-0.15, -0.1) is 0 Å². The Hall–Kier alpha value is -3.34. The molecule has 214 valence electrons. The first-order valence-electron chi connectivity index (χ1n) is 13.1. The summed E-state index contributed by atoms with van der Waals surface area (Å²) in [5, 5.41) is 0. The van der Waals surface area contributed by atoms with Gasteiger partial charge in [-0.2, -0.15) is 0 Å². The largest absolute Gasteiger partial charge is 0.513 e. The molecular weight excluding hydrogens is 498 g/mol. The molecule has 1 aromatic rings. The predicted molar refractivity (Wildman–Crippen MR) is 138 cm³/mol. The molecule has 0 saturated carbocycles. The molecule has 0 amide bonds. The van der Waals surface area contributed by atoms with E-state index in [1.165, 1.54) is 12.1 Å². The first-order chi connectivity index (χ1) is 18.2. The molecule has 0 unspecified atom stereocenters. The molecule has 0 saturated heterocycles. The first-order valence-corrected chi connectivity index (χ1v) is 13.1. The smallest absolute Gasteiger partial charge is 0.462 e. The quantitative estimate of drug-likeness (QED) is 0.125. The maximum absolute atomic E-state index is 12.4. The fourth-order valence-electron chi connectivity index (χ4n) is 2.94. The van der Waals surface area contributed by atoms with Crippen molar-refractivity contribution < 1.29 is 47.6 Å². The third-order valence-corrected chi connectivity index (χ3v) is 5.12. The number of unbranched alkanes of at least 4 members (excludes halogenated alkanes) is 3. The highest BCUT2D eigenvalue weighted by molar-refractivity contribution is 5.76. The molecule has 2 atom stereocenters. The van der Waals surface area contributed by atoms with E-state index in [4.69, 9.17) is 34.2 Å². The number of rotatable bonds is 17. The third kappa shape index (κ3) is 13.8. The molecular formula is C27H41NO10. The van der Waals surface area contributed by atoms with Gasteiger partial charge in [-0.25, -0.2) is 9.59 Å². The minimum absolute atomic E-state index is 0.0321. The minimum atomic E-state index is -1.05. The van der Waals surface area contributed by atoms with Crippen LogP contribution in [0.4, 0.5) is 9.59 Å². The highest BCUT2D eigenvalue weighted by Crippen LogP contribution is 2.30. The second-order valence-corrected chi connectivity index (χ2v) is 8.73. The van der Waals surface area contributed by atoms with E-state index in [2.05, 4.69) is 0 Å². The maximum atomic E-state index is 12.4. The lowest BCUT2D eigenvalue weighted by Crippen LogP contribution is -2.37. The molecule has 0 bridgehead atoms. The Morgan fingerprint density at radius 1 is 0.816 bits per heavy atom. The highest BCUT2D eigenvalue weighted by Gasteiger charge is 2.22. The van der Waals surface area contributed by atoms with Gasteiger partial charge in [0.05, 0.1) is 13.2 Å². The van der Waals surface area contributed by atoms with Crippen LogP contribution in [-0.2, 0) is 35.0 Å². The third-order valence-electron chi connectivity index (χ3n) is 5.12. The van der Waals surface area contributed by atoms with Crippen molar-refractivity contribution in [2.45, 2.75) is 91.2 Å². The normalized spacial score (nSPS) is 12.1. The second kappa shape index (κ2) is 18.8. The van der Waals surface area contributed by atoms with Crippen molar-refractivity contribution in [3.8, 4) is 11.5 Å². The molecule has 0 aromatic heterocycles. The molecule has 0 fully saturated rings. The summed E-state index contributed by atoms with van der Waals surface area (Å²) in [5.74, 6) is -1.19. The molecule has 0 radical (unpaired) electrons. The molecule has 0 heterocycles. The molecule has 0 aliphatic rings. The van der Waals surface area contributed by atoms with E-state index in [-0.39, 0.29) is 43.7 Å². The number of nitrogens with two attached hydrogens (primary N) is 1. The van der Waals surface area contributed by atoms with Crippen molar-refractivity contribution in [1.29, 1.82) is 0 Å². The summed E-state index contributed by atoms with van der Waals surface area (Å²) in [6, 6.07) is 3.34. The van der Waals surface area contributed by atoms with Gasteiger partial charge in [0.1, 0.15) is 18.8 Å². The molecule has 1 aromatic carbocycles. The number of benzene rings is 1. The molecule has 0 aliphatic carbocycles. The average Bonchev–Trinajstić information content (AvgIpc) is 2.88. The van der Waals surface area contributed by atoms with E-state index in [0.717, 1.165) is 25.7 Å². The van der Waals surface area contributed by atoms with Crippen molar-refractivity contribution in [2.75, 3.05) is 19.8 Å². The average molecular weight is 540 g/mol. The van der Waals surface area contributed by atoms with Crippen LogP contribution in [0.15, 0.2) is 18.2 Å². The number of carbonyl (C=O) groups excluding carboxylic acids is 4. The Balaban J connectivity index is 2.81. The lowest BCUT2D eigenvalue weighted by molar-refractivity contribution is -0.159. The topological polar surface area (TPSA) is 150 Å². The lowest BCUT2D eigenvalue weighted by atomic mass is 10.1. The van der Waals surface area contributed by atoms with Crippen molar-refractivity contribution in [3.63, 3.8) is 0 Å². The summed E-state index contributed by atoms with van der Waals surface area (Å²) < 4.78 is 30.8. The highest BCUT2D eigenvalue weighted by atomic mass is 16.7. The van der Waals surface area contributed by atoms with E-state index in [1.54, 1.807) is 13.0 Å². The van der Waals surface area contributed by atoms with Gasteiger partial charge in [0.15, 0.2) is 11.5 Å². The summed E-state index contributed by atoms with van der Waals surface area (Å²) in [6.07, 6.45) is 2.36. The first kappa shape index (κ1) is 32.7. The van der Waals surface area contributed by atoms with Crippen molar-refractivity contribution in [2.24, 2.45) is 5.73 Å². The fraction of sp³-hybridized carbons (Fsp3) is 0.630. The Morgan fingerprint density at radius 3 is 1.97 bits per heavy atom.